The van der Waals surface area contributed by atoms with E-state index in [0.717, 1.165) is 11.5 Å². The Morgan fingerprint density at radius 1 is 1.12 bits per heavy atom. The van der Waals surface area contributed by atoms with E-state index < -0.39 is 0 Å². The molecule has 0 fully saturated rings. The molecule has 0 aromatic rings. The molecule has 0 amide bonds. The van der Waals surface area contributed by atoms with Crippen molar-refractivity contribution in [2.45, 2.75) is 0 Å². The molecule has 0 rings (SSSR count). The van der Waals surface area contributed by atoms with E-state index in [-0.39, 0.29) is 0 Å². The summed E-state index contributed by atoms with van der Waals surface area (Å²) in [6, 6.07) is 0. The monoisotopic (exact) mass is 251 g/mol. The number of hydrogen-bond donors (Lipinski definition) is 2. The third kappa shape index (κ3) is 5.83. The Hall–Kier alpha value is 1.70. The number of hydrogen-bond acceptors (Lipinski definition) is 2. The molecule has 0 radical (unpaired) electrons. The molecule has 0 aromatic heterocycles. The average Bonchev–Trinajstić information content (AvgIpc) is 1.68. The van der Waals surface area contributed by atoms with E-state index in [1.807, 2.05) is 0 Å². The van der Waals surface area contributed by atoms with Gasteiger partial charge < -0.3 is 0 Å². The summed E-state index contributed by atoms with van der Waals surface area (Å²) in [6.45, 7) is 0. The van der Waals surface area contributed by atoms with Crippen LogP contribution in [0, 0.1) is 0 Å². The molecule has 0 aromatic carbocycles. The predicted molar refractivity (Wildman–Crippen MR) is 45.0 cm³/mol. The number of rotatable bonds is 4. The fourth-order valence-corrected chi connectivity index (χ4v) is 5.14. The Bertz CT molecular complexity index is 65.7. The maximum absolute atomic E-state index is 4.13. The molecule has 0 aliphatic rings. The zero-order valence-corrected chi connectivity index (χ0v) is 8.97. The molecule has 0 saturated carbocycles. The summed E-state index contributed by atoms with van der Waals surface area (Å²) in [7, 11) is 0.547. The quantitative estimate of drug-likeness (QED) is 0.697. The Balaban J connectivity index is 3.06. The summed E-state index contributed by atoms with van der Waals surface area (Å²) < 4.78 is 0. The Morgan fingerprint density at radius 3 is 1.75 bits per heavy atom. The van der Waals surface area contributed by atoms with Gasteiger partial charge in [-0.25, -0.2) is 0 Å². The fraction of sp³-hybridized carbons (Fsp3) is 1.00. The van der Waals surface area contributed by atoms with Crippen molar-refractivity contribution in [3.8, 4) is 0 Å². The van der Waals surface area contributed by atoms with Gasteiger partial charge in [0.05, 0.1) is 0 Å². The molecule has 0 unspecified atom stereocenters. The van der Waals surface area contributed by atoms with Crippen molar-refractivity contribution in [3.05, 3.63) is 0 Å². The van der Waals surface area contributed by atoms with Crippen LogP contribution in [0.25, 0.3) is 0 Å². The van der Waals surface area contributed by atoms with Gasteiger partial charge >= 0.3 is 73.7 Å². The van der Waals surface area contributed by atoms with Gasteiger partial charge in [-0.2, -0.15) is 0 Å². The van der Waals surface area contributed by atoms with Gasteiger partial charge in [0.2, 0.25) is 0 Å². The predicted octanol–water partition coefficient (Wildman–Crippen LogP) is 1.58. The summed E-state index contributed by atoms with van der Waals surface area (Å²) >= 11 is 10.7. The molecule has 48 valence electrons. The van der Waals surface area contributed by atoms with Crippen LogP contribution in [-0.2, 0) is 17.1 Å². The summed E-state index contributed by atoms with van der Waals surface area (Å²) in [5.74, 6) is 4.51. The molecule has 0 saturated heterocycles. The third-order valence-electron chi connectivity index (χ3n) is 0.626. The van der Waals surface area contributed by atoms with Crippen molar-refractivity contribution in [2.24, 2.45) is 0 Å². The maximum atomic E-state index is 4.13. The van der Waals surface area contributed by atoms with Gasteiger partial charge in [-0.1, -0.05) is 0 Å². The SMILES string of the molecule is SCC[S](=[Tc+3])CCS. The van der Waals surface area contributed by atoms with Crippen LogP contribution < -0.4 is 0 Å². The van der Waals surface area contributed by atoms with Crippen LogP contribution in [0.4, 0.5) is 0 Å². The van der Waals surface area contributed by atoms with E-state index >= 15 is 0 Å². The summed E-state index contributed by atoms with van der Waals surface area (Å²) in [4.78, 5) is 0. The summed E-state index contributed by atoms with van der Waals surface area (Å²) in [6.07, 6.45) is 0. The first kappa shape index (κ1) is 9.70. The van der Waals surface area contributed by atoms with Gasteiger partial charge in [0.1, 0.15) is 0 Å². The second-order valence-corrected chi connectivity index (χ2v) is 7.05. The summed E-state index contributed by atoms with van der Waals surface area (Å²) in [5, 5.41) is 0. The van der Waals surface area contributed by atoms with Gasteiger partial charge in [-0.3, -0.25) is 0 Å². The van der Waals surface area contributed by atoms with E-state index in [0.29, 0.717) is 8.26 Å². The Kier molecular flexibility index (Phi) is 8.26. The van der Waals surface area contributed by atoms with Crippen molar-refractivity contribution in [1.82, 2.24) is 0 Å². The molecule has 0 spiro atoms. The normalized spacial score (nSPS) is 10.2. The molecule has 0 nitrogen and oxygen atoms in total. The van der Waals surface area contributed by atoms with Crippen molar-refractivity contribution in [2.75, 3.05) is 23.0 Å². The van der Waals surface area contributed by atoms with Crippen LogP contribution in [0.5, 0.6) is 0 Å². The molecular weight excluding hydrogens is 242 g/mol. The van der Waals surface area contributed by atoms with E-state index in [9.17, 15) is 0 Å². The zero-order chi connectivity index (χ0) is 6.41. The Morgan fingerprint density at radius 2 is 1.50 bits per heavy atom. The third-order valence-corrected chi connectivity index (χ3v) is 5.25. The summed E-state index contributed by atoms with van der Waals surface area (Å²) in [5.41, 5.74) is 0. The average molecular weight is 252 g/mol. The van der Waals surface area contributed by atoms with E-state index in [4.69, 9.17) is 0 Å². The van der Waals surface area contributed by atoms with E-state index in [1.165, 1.54) is 11.5 Å². The van der Waals surface area contributed by atoms with Gasteiger partial charge in [0.15, 0.2) is 0 Å². The van der Waals surface area contributed by atoms with Gasteiger partial charge in [0.25, 0.3) is 0 Å². The first-order chi connectivity index (χ1) is 3.81. The van der Waals surface area contributed by atoms with Crippen molar-refractivity contribution in [3.63, 3.8) is 0 Å². The molecule has 0 bridgehead atoms. The molecule has 0 aliphatic carbocycles. The van der Waals surface area contributed by atoms with Crippen LogP contribution in [0.15, 0.2) is 0 Å². The van der Waals surface area contributed by atoms with Crippen LogP contribution in [0.3, 0.4) is 0 Å². The van der Waals surface area contributed by atoms with Crippen molar-refractivity contribution >= 4 is 33.5 Å². The van der Waals surface area contributed by atoms with Crippen LogP contribution >= 0.6 is 33.5 Å². The molecule has 8 heavy (non-hydrogen) atoms. The Labute approximate surface area is 73.3 Å². The van der Waals surface area contributed by atoms with E-state index in [2.05, 4.69) is 42.4 Å². The topological polar surface area (TPSA) is 0 Å². The van der Waals surface area contributed by atoms with Gasteiger partial charge in [0, 0.05) is 0 Å². The minimum atomic E-state index is 0.547. The van der Waals surface area contributed by atoms with Gasteiger partial charge in [-0.15, -0.1) is 0 Å². The minimum absolute atomic E-state index is 0.547. The fourth-order valence-electron chi connectivity index (χ4n) is 0.300. The molecule has 0 aliphatic heterocycles. The first-order valence-electron chi connectivity index (χ1n) is 2.36. The molecule has 0 N–H and O–H groups in total. The molecule has 4 heteroatoms. The second-order valence-electron chi connectivity index (χ2n) is 1.28. The molecule has 0 heterocycles. The van der Waals surface area contributed by atoms with Crippen LogP contribution in [0.1, 0.15) is 0 Å². The van der Waals surface area contributed by atoms with Crippen LogP contribution in [-0.4, -0.2) is 23.0 Å². The van der Waals surface area contributed by atoms with E-state index in [1.54, 1.807) is 0 Å². The van der Waals surface area contributed by atoms with Crippen molar-refractivity contribution < 1.29 is 17.1 Å². The molecular formula is C4H10S3Tc+3. The standard InChI is InChI=1S/C4H10S3.Tc/c5-1-3-7-4-2-6;/h5-6H,1-4H2;/q;+3. The zero-order valence-electron chi connectivity index (χ0n) is 4.51. The molecule has 0 atom stereocenters. The first-order valence-corrected chi connectivity index (χ1v) is 7.37. The van der Waals surface area contributed by atoms with Crippen molar-refractivity contribution in [1.29, 1.82) is 0 Å². The number of thiol groups is 2. The second kappa shape index (κ2) is 6.81. The van der Waals surface area contributed by atoms with Gasteiger partial charge in [-0.05, 0) is 0 Å². The van der Waals surface area contributed by atoms with Crippen LogP contribution in [0.2, 0.25) is 0 Å².